The fourth-order valence-electron chi connectivity index (χ4n) is 2.37. The van der Waals surface area contributed by atoms with E-state index in [1.54, 1.807) is 42.5 Å². The molecule has 8 nitrogen and oxygen atoms in total. The van der Waals surface area contributed by atoms with Crippen LogP contribution in [0.2, 0.25) is 5.02 Å². The van der Waals surface area contributed by atoms with E-state index in [0.29, 0.717) is 33.4 Å². The normalized spacial score (nSPS) is 10.3. The van der Waals surface area contributed by atoms with Gasteiger partial charge in [-0.15, -0.1) is 10.2 Å². The Kier molecular flexibility index (Phi) is 5.37. The number of nitrogen functional groups attached to an aromatic ring is 1. The summed E-state index contributed by atoms with van der Waals surface area (Å²) in [5, 5.41) is 11.0. The maximum atomic E-state index is 12.3. The number of benzene rings is 1. The Morgan fingerprint density at radius 3 is 2.41 bits per heavy atom. The molecule has 2 heterocycles. The highest BCUT2D eigenvalue weighted by Crippen LogP contribution is 2.33. The number of hydrogen-bond donors (Lipinski definition) is 2. The van der Waals surface area contributed by atoms with Crippen molar-refractivity contribution in [2.45, 2.75) is 0 Å². The number of nitrogens with two attached hydrogens (primary N) is 1. The van der Waals surface area contributed by atoms with Gasteiger partial charge in [-0.3, -0.25) is 4.79 Å². The average Bonchev–Trinajstić information content (AvgIpc) is 2.68. The summed E-state index contributed by atoms with van der Waals surface area (Å²) in [6, 6.07) is 11.5. The zero-order valence-electron chi connectivity index (χ0n) is 14.6. The topological polar surface area (TPSA) is 112 Å². The fraction of sp³-hybridized carbons (Fsp3) is 0.111. The molecule has 0 atom stereocenters. The molecule has 0 saturated carbocycles. The summed E-state index contributed by atoms with van der Waals surface area (Å²) in [5.74, 6) is 0.769. The standard InChI is InChI=1S/C18H16ClN5O3/c1-26-15-9-13(18(27-2)24-23-15)12-7-8-14(21-16(12)20)22-17(25)10-3-5-11(19)6-4-10/h3-9H,1-2H3,(H3,20,21,22,25). The summed E-state index contributed by atoms with van der Waals surface area (Å²) in [5.41, 5.74) is 7.68. The molecule has 27 heavy (non-hydrogen) atoms. The fourth-order valence-corrected chi connectivity index (χ4v) is 2.49. The van der Waals surface area contributed by atoms with Gasteiger partial charge in [0.15, 0.2) is 0 Å². The predicted octanol–water partition coefficient (Wildman–Crippen LogP) is 3.04. The van der Waals surface area contributed by atoms with Gasteiger partial charge in [-0.2, -0.15) is 0 Å². The van der Waals surface area contributed by atoms with E-state index < -0.39 is 0 Å². The number of carbonyl (C=O) groups is 1. The van der Waals surface area contributed by atoms with E-state index in [1.165, 1.54) is 14.2 Å². The first-order valence-electron chi connectivity index (χ1n) is 7.81. The molecule has 0 radical (unpaired) electrons. The number of pyridine rings is 1. The van der Waals surface area contributed by atoms with Gasteiger partial charge in [0.05, 0.1) is 19.8 Å². The van der Waals surface area contributed by atoms with Crippen LogP contribution in [-0.4, -0.2) is 35.3 Å². The third-order valence-corrected chi connectivity index (χ3v) is 3.95. The van der Waals surface area contributed by atoms with E-state index in [1.807, 2.05) is 0 Å². The first-order valence-corrected chi connectivity index (χ1v) is 8.19. The van der Waals surface area contributed by atoms with Crippen LogP contribution in [-0.2, 0) is 0 Å². The van der Waals surface area contributed by atoms with Crippen molar-refractivity contribution < 1.29 is 14.3 Å². The van der Waals surface area contributed by atoms with Crippen LogP contribution in [0.4, 0.5) is 11.6 Å². The first-order chi connectivity index (χ1) is 13.0. The molecular formula is C18H16ClN5O3. The van der Waals surface area contributed by atoms with Crippen LogP contribution in [0.25, 0.3) is 11.1 Å². The zero-order chi connectivity index (χ0) is 19.4. The van der Waals surface area contributed by atoms with Gasteiger partial charge in [-0.25, -0.2) is 4.98 Å². The van der Waals surface area contributed by atoms with Crippen molar-refractivity contribution in [1.82, 2.24) is 15.2 Å². The van der Waals surface area contributed by atoms with Crippen molar-refractivity contribution in [2.75, 3.05) is 25.3 Å². The van der Waals surface area contributed by atoms with Gasteiger partial charge >= 0.3 is 0 Å². The number of nitrogens with one attached hydrogen (secondary N) is 1. The largest absolute Gasteiger partial charge is 0.480 e. The van der Waals surface area contributed by atoms with Crippen LogP contribution in [0.1, 0.15) is 10.4 Å². The molecule has 0 aliphatic rings. The lowest BCUT2D eigenvalue weighted by Gasteiger charge is -2.11. The number of amides is 1. The predicted molar refractivity (Wildman–Crippen MR) is 102 cm³/mol. The molecule has 0 fully saturated rings. The molecule has 3 aromatic rings. The Bertz CT molecular complexity index is 979. The van der Waals surface area contributed by atoms with E-state index in [9.17, 15) is 4.79 Å². The van der Waals surface area contributed by atoms with Crippen LogP contribution in [0.15, 0.2) is 42.5 Å². The molecule has 1 aromatic carbocycles. The highest BCUT2D eigenvalue weighted by Gasteiger charge is 2.15. The average molecular weight is 386 g/mol. The van der Waals surface area contributed by atoms with Gasteiger partial charge < -0.3 is 20.5 Å². The first kappa shape index (κ1) is 18.4. The van der Waals surface area contributed by atoms with E-state index in [2.05, 4.69) is 20.5 Å². The Morgan fingerprint density at radius 2 is 1.78 bits per heavy atom. The number of nitrogens with zero attached hydrogens (tertiary/aromatic N) is 3. The summed E-state index contributed by atoms with van der Waals surface area (Å²) in [6.07, 6.45) is 0. The van der Waals surface area contributed by atoms with Gasteiger partial charge in [0.1, 0.15) is 11.6 Å². The minimum Gasteiger partial charge on any atom is -0.480 e. The maximum absolute atomic E-state index is 12.3. The number of methoxy groups -OCH3 is 2. The van der Waals surface area contributed by atoms with Gasteiger partial charge in [-0.05, 0) is 36.4 Å². The van der Waals surface area contributed by atoms with Crippen molar-refractivity contribution in [3.05, 3.63) is 53.1 Å². The molecule has 0 aliphatic heterocycles. The van der Waals surface area contributed by atoms with Gasteiger partial charge in [0, 0.05) is 22.2 Å². The van der Waals surface area contributed by atoms with E-state index >= 15 is 0 Å². The van der Waals surface area contributed by atoms with Crippen LogP contribution in [0.3, 0.4) is 0 Å². The lowest BCUT2D eigenvalue weighted by atomic mass is 10.1. The minimum atomic E-state index is -0.323. The van der Waals surface area contributed by atoms with Crippen LogP contribution < -0.4 is 20.5 Å². The molecule has 3 N–H and O–H groups in total. The second kappa shape index (κ2) is 7.88. The van der Waals surface area contributed by atoms with E-state index in [4.69, 9.17) is 26.8 Å². The number of carbonyl (C=O) groups excluding carboxylic acids is 1. The molecule has 9 heteroatoms. The van der Waals surface area contributed by atoms with Crippen LogP contribution in [0.5, 0.6) is 11.8 Å². The highest BCUT2D eigenvalue weighted by atomic mass is 35.5. The third kappa shape index (κ3) is 4.06. The van der Waals surface area contributed by atoms with Crippen molar-refractivity contribution >= 4 is 29.1 Å². The number of rotatable bonds is 5. The number of halogens is 1. The Balaban J connectivity index is 1.88. The third-order valence-electron chi connectivity index (χ3n) is 3.70. The SMILES string of the molecule is COc1cc(-c2ccc(NC(=O)c3ccc(Cl)cc3)nc2N)c(OC)nn1. The summed E-state index contributed by atoms with van der Waals surface area (Å²) < 4.78 is 10.3. The quantitative estimate of drug-likeness (QED) is 0.694. The number of anilines is 2. The molecule has 0 unspecified atom stereocenters. The van der Waals surface area contributed by atoms with E-state index in [-0.39, 0.29) is 17.6 Å². The summed E-state index contributed by atoms with van der Waals surface area (Å²) >= 11 is 5.83. The highest BCUT2D eigenvalue weighted by molar-refractivity contribution is 6.30. The van der Waals surface area contributed by atoms with Crippen molar-refractivity contribution in [1.29, 1.82) is 0 Å². The number of ether oxygens (including phenoxy) is 2. The van der Waals surface area contributed by atoms with Gasteiger partial charge in [0.25, 0.3) is 5.91 Å². The van der Waals surface area contributed by atoms with Crippen molar-refractivity contribution in [3.8, 4) is 22.9 Å². The van der Waals surface area contributed by atoms with Crippen molar-refractivity contribution in [2.24, 2.45) is 0 Å². The number of hydrogen-bond acceptors (Lipinski definition) is 7. The molecule has 138 valence electrons. The Labute approximate surface area is 160 Å². The molecule has 0 aliphatic carbocycles. The number of aromatic nitrogens is 3. The molecular weight excluding hydrogens is 370 g/mol. The molecule has 1 amide bonds. The van der Waals surface area contributed by atoms with Gasteiger partial charge in [-0.1, -0.05) is 11.6 Å². The monoisotopic (exact) mass is 385 g/mol. The lowest BCUT2D eigenvalue weighted by molar-refractivity contribution is 0.102. The molecule has 3 rings (SSSR count). The van der Waals surface area contributed by atoms with Crippen LogP contribution in [0, 0.1) is 0 Å². The van der Waals surface area contributed by atoms with E-state index in [0.717, 1.165) is 0 Å². The molecule has 0 saturated heterocycles. The lowest BCUT2D eigenvalue weighted by Crippen LogP contribution is -2.13. The molecule has 0 bridgehead atoms. The molecule has 2 aromatic heterocycles. The second-order valence-corrected chi connectivity index (χ2v) is 5.84. The van der Waals surface area contributed by atoms with Gasteiger partial charge in [0.2, 0.25) is 11.8 Å². The van der Waals surface area contributed by atoms with Crippen LogP contribution >= 0.6 is 11.6 Å². The summed E-state index contributed by atoms with van der Waals surface area (Å²) in [7, 11) is 2.96. The molecule has 0 spiro atoms. The maximum Gasteiger partial charge on any atom is 0.256 e. The summed E-state index contributed by atoms with van der Waals surface area (Å²) in [6.45, 7) is 0. The zero-order valence-corrected chi connectivity index (χ0v) is 15.3. The summed E-state index contributed by atoms with van der Waals surface area (Å²) in [4.78, 5) is 16.5. The smallest absolute Gasteiger partial charge is 0.256 e. The van der Waals surface area contributed by atoms with Crippen molar-refractivity contribution in [3.63, 3.8) is 0 Å². The Morgan fingerprint density at radius 1 is 1.04 bits per heavy atom. The second-order valence-electron chi connectivity index (χ2n) is 5.40. The minimum absolute atomic E-state index is 0.192. The Hall–Kier alpha value is -3.39.